The molecule has 0 aromatic heterocycles. The molecule has 0 bridgehead atoms. The van der Waals surface area contributed by atoms with Crippen molar-refractivity contribution >= 4 is 21.8 Å². The zero-order valence-corrected chi connectivity index (χ0v) is 13.4. The molecular weight excluding hydrogens is 302 g/mol. The zero-order valence-electron chi connectivity index (χ0n) is 12.5. The van der Waals surface area contributed by atoms with Gasteiger partial charge in [0.15, 0.2) is 0 Å². The van der Waals surface area contributed by atoms with Crippen molar-refractivity contribution in [1.29, 1.82) is 0 Å². The van der Waals surface area contributed by atoms with Gasteiger partial charge in [-0.2, -0.15) is 0 Å². The third kappa shape index (κ3) is 3.19. The predicted molar refractivity (Wildman–Crippen MR) is 85.1 cm³/mol. The number of hydrogen-bond donors (Lipinski definition) is 2. The number of nitrogens with zero attached hydrogens (tertiary/aromatic N) is 1. The van der Waals surface area contributed by atoms with Crippen molar-refractivity contribution in [2.45, 2.75) is 24.8 Å². The molecule has 0 saturated heterocycles. The van der Waals surface area contributed by atoms with Crippen molar-refractivity contribution < 1.29 is 13.2 Å². The second-order valence-corrected chi connectivity index (χ2v) is 6.95. The van der Waals surface area contributed by atoms with E-state index in [9.17, 15) is 13.2 Å². The van der Waals surface area contributed by atoms with E-state index in [4.69, 9.17) is 0 Å². The van der Waals surface area contributed by atoms with Gasteiger partial charge in [0.1, 0.15) is 11.9 Å². The van der Waals surface area contributed by atoms with Crippen LogP contribution in [0, 0.1) is 5.92 Å². The Hall–Kier alpha value is -2.15. The van der Waals surface area contributed by atoms with Crippen LogP contribution in [0.15, 0.2) is 46.8 Å². The van der Waals surface area contributed by atoms with Crippen molar-refractivity contribution in [2.24, 2.45) is 10.9 Å². The van der Waals surface area contributed by atoms with E-state index in [1.165, 1.54) is 6.07 Å². The number of rotatable bonds is 5. The van der Waals surface area contributed by atoms with Gasteiger partial charge in [0.25, 0.3) is 10.0 Å². The van der Waals surface area contributed by atoms with Crippen molar-refractivity contribution in [3.8, 4) is 0 Å². The molecule has 0 fully saturated rings. The van der Waals surface area contributed by atoms with Crippen LogP contribution in [-0.2, 0) is 14.8 Å². The molecule has 0 unspecified atom stereocenters. The van der Waals surface area contributed by atoms with Gasteiger partial charge < -0.3 is 5.32 Å². The van der Waals surface area contributed by atoms with Crippen LogP contribution in [0.25, 0.3) is 0 Å². The molecule has 0 spiro atoms. The highest BCUT2D eigenvalue weighted by Crippen LogP contribution is 2.23. The summed E-state index contributed by atoms with van der Waals surface area (Å²) < 4.78 is 26.5. The number of nitrogens with one attached hydrogen (secondary N) is 2. The summed E-state index contributed by atoms with van der Waals surface area (Å²) >= 11 is 0. The van der Waals surface area contributed by atoms with E-state index in [0.717, 1.165) is 0 Å². The summed E-state index contributed by atoms with van der Waals surface area (Å²) in [6.07, 6.45) is 1.58. The Kier molecular flexibility index (Phi) is 4.65. The Morgan fingerprint density at radius 2 is 2.09 bits per heavy atom. The van der Waals surface area contributed by atoms with Gasteiger partial charge in [-0.15, -0.1) is 6.58 Å². The van der Waals surface area contributed by atoms with Crippen LogP contribution in [0.4, 0.5) is 0 Å². The van der Waals surface area contributed by atoms with Crippen LogP contribution in [0.2, 0.25) is 0 Å². The van der Waals surface area contributed by atoms with Crippen LogP contribution >= 0.6 is 0 Å². The lowest BCUT2D eigenvalue weighted by molar-refractivity contribution is -0.122. The lowest BCUT2D eigenvalue weighted by atomic mass is 10.0. The van der Waals surface area contributed by atoms with E-state index >= 15 is 0 Å². The first kappa shape index (κ1) is 16.2. The van der Waals surface area contributed by atoms with Crippen molar-refractivity contribution in [3.05, 3.63) is 42.5 Å². The molecule has 22 heavy (non-hydrogen) atoms. The van der Waals surface area contributed by atoms with E-state index in [1.807, 2.05) is 13.8 Å². The second-order valence-electron chi connectivity index (χ2n) is 5.30. The molecule has 0 aliphatic carbocycles. The number of amidine groups is 1. The maximum absolute atomic E-state index is 12.2. The summed E-state index contributed by atoms with van der Waals surface area (Å²) in [4.78, 5) is 16.7. The number of aliphatic imine (C=N–C) groups is 1. The summed E-state index contributed by atoms with van der Waals surface area (Å²) in [6.45, 7) is 7.61. The molecule has 6 nitrogen and oxygen atoms in total. The second kappa shape index (κ2) is 6.31. The first-order chi connectivity index (χ1) is 10.4. The molecule has 1 amide bonds. The molecule has 1 aromatic carbocycles. The number of carbonyl (C=O) groups excluding carboxylic acids is 1. The molecule has 0 saturated carbocycles. The van der Waals surface area contributed by atoms with Gasteiger partial charge in [-0.3, -0.25) is 14.5 Å². The maximum atomic E-state index is 12.2. The number of benzene rings is 1. The summed E-state index contributed by atoms with van der Waals surface area (Å²) in [5.74, 6) is -0.122. The van der Waals surface area contributed by atoms with Crippen LogP contribution < -0.4 is 10.0 Å². The van der Waals surface area contributed by atoms with Gasteiger partial charge in [0, 0.05) is 12.1 Å². The SMILES string of the molecule is C=CCNC(=O)[C@H](N=C1NS(=O)(=O)c2ccccc21)C(C)C. The highest BCUT2D eigenvalue weighted by atomic mass is 32.2. The van der Waals surface area contributed by atoms with Gasteiger partial charge in [-0.1, -0.05) is 32.1 Å². The number of sulfonamides is 1. The third-order valence-corrected chi connectivity index (χ3v) is 4.65. The fraction of sp³-hybridized carbons (Fsp3) is 0.333. The molecule has 1 aliphatic rings. The van der Waals surface area contributed by atoms with Crippen LogP contribution in [0.5, 0.6) is 0 Å². The molecule has 1 atom stereocenters. The molecule has 118 valence electrons. The van der Waals surface area contributed by atoms with E-state index in [2.05, 4.69) is 21.6 Å². The Morgan fingerprint density at radius 3 is 2.73 bits per heavy atom. The lowest BCUT2D eigenvalue weighted by Crippen LogP contribution is -2.38. The van der Waals surface area contributed by atoms with Crippen LogP contribution in [0.3, 0.4) is 0 Å². The molecule has 1 heterocycles. The predicted octanol–water partition coefficient (Wildman–Crippen LogP) is 1.05. The maximum Gasteiger partial charge on any atom is 0.263 e. The summed E-state index contributed by atoms with van der Waals surface area (Å²) in [5.41, 5.74) is 0.490. The zero-order chi connectivity index (χ0) is 16.3. The Labute approximate surface area is 130 Å². The van der Waals surface area contributed by atoms with Crippen molar-refractivity contribution in [1.82, 2.24) is 10.0 Å². The van der Waals surface area contributed by atoms with Crippen LogP contribution in [0.1, 0.15) is 19.4 Å². The van der Waals surface area contributed by atoms with Crippen LogP contribution in [-0.4, -0.2) is 32.7 Å². The van der Waals surface area contributed by atoms with Gasteiger partial charge in [-0.05, 0) is 18.1 Å². The average Bonchev–Trinajstić information content (AvgIpc) is 2.73. The standard InChI is InChI=1S/C15H19N3O3S/c1-4-9-16-15(19)13(10(2)3)17-14-11-7-5-6-8-12(11)22(20,21)18-14/h4-8,10,13H,1,9H2,2-3H3,(H,16,19)(H,17,18)/t13-/m1/s1. The molecular formula is C15H19N3O3S. The molecule has 2 N–H and O–H groups in total. The number of hydrogen-bond acceptors (Lipinski definition) is 4. The summed E-state index contributed by atoms with van der Waals surface area (Å²) in [7, 11) is -3.60. The van der Waals surface area contributed by atoms with Gasteiger partial charge in [-0.25, -0.2) is 8.42 Å². The average molecular weight is 321 g/mol. The number of amides is 1. The fourth-order valence-corrected chi connectivity index (χ4v) is 3.40. The van der Waals surface area contributed by atoms with E-state index in [0.29, 0.717) is 12.1 Å². The highest BCUT2D eigenvalue weighted by Gasteiger charge is 2.32. The van der Waals surface area contributed by atoms with Gasteiger partial charge in [0.2, 0.25) is 5.91 Å². The topological polar surface area (TPSA) is 87.6 Å². The largest absolute Gasteiger partial charge is 0.351 e. The monoisotopic (exact) mass is 321 g/mol. The normalized spacial score (nSPS) is 18.6. The quantitative estimate of drug-likeness (QED) is 0.795. The van der Waals surface area contributed by atoms with Gasteiger partial charge >= 0.3 is 0 Å². The minimum absolute atomic E-state index is 0.0745. The first-order valence-electron chi connectivity index (χ1n) is 6.95. The van der Waals surface area contributed by atoms with E-state index < -0.39 is 16.1 Å². The van der Waals surface area contributed by atoms with E-state index in [-0.39, 0.29) is 22.6 Å². The first-order valence-corrected chi connectivity index (χ1v) is 8.43. The van der Waals surface area contributed by atoms with E-state index in [1.54, 1.807) is 24.3 Å². The minimum Gasteiger partial charge on any atom is -0.351 e. The Balaban J connectivity index is 2.39. The molecule has 7 heteroatoms. The minimum atomic E-state index is -3.60. The Bertz CT molecular complexity index is 723. The van der Waals surface area contributed by atoms with Crippen molar-refractivity contribution in [2.75, 3.05) is 6.54 Å². The fourth-order valence-electron chi connectivity index (χ4n) is 2.16. The van der Waals surface area contributed by atoms with Gasteiger partial charge in [0.05, 0.1) is 4.90 Å². The molecule has 1 aromatic rings. The number of fused-ring (bicyclic) bond motifs is 1. The molecule has 1 aliphatic heterocycles. The summed E-state index contributed by atoms with van der Waals surface area (Å²) in [5, 5.41) is 2.69. The number of carbonyl (C=O) groups is 1. The third-order valence-electron chi connectivity index (χ3n) is 3.25. The Morgan fingerprint density at radius 1 is 1.41 bits per heavy atom. The van der Waals surface area contributed by atoms with Crippen molar-refractivity contribution in [3.63, 3.8) is 0 Å². The smallest absolute Gasteiger partial charge is 0.263 e. The lowest BCUT2D eigenvalue weighted by Gasteiger charge is -2.16. The summed E-state index contributed by atoms with van der Waals surface area (Å²) in [6, 6.07) is 5.90. The highest BCUT2D eigenvalue weighted by molar-refractivity contribution is 7.90. The molecule has 2 rings (SSSR count). The molecule has 0 radical (unpaired) electrons.